The summed E-state index contributed by atoms with van der Waals surface area (Å²) in [6.45, 7) is 0.605. The first-order chi connectivity index (χ1) is 9.25. The third kappa shape index (κ3) is 2.59. The summed E-state index contributed by atoms with van der Waals surface area (Å²) in [6.07, 6.45) is 0. The number of benzene rings is 2. The van der Waals surface area contributed by atoms with E-state index >= 15 is 0 Å². The van der Waals surface area contributed by atoms with Crippen LogP contribution in [0.15, 0.2) is 53.4 Å². The highest BCUT2D eigenvalue weighted by molar-refractivity contribution is 8.00. The average Bonchev–Trinajstić information content (AvgIpc) is 2.44. The molecule has 2 aromatic carbocycles. The molecule has 2 N–H and O–H groups in total. The first-order valence-corrected chi connectivity index (χ1v) is 7.40. The van der Waals surface area contributed by atoms with Crippen LogP contribution in [0.1, 0.15) is 11.6 Å². The molecule has 1 aliphatic rings. The maximum absolute atomic E-state index is 6.34. The molecule has 4 heteroatoms. The van der Waals surface area contributed by atoms with Crippen molar-refractivity contribution in [3.05, 3.63) is 59.1 Å². The number of para-hydroxylation sites is 1. The molecule has 0 amide bonds. The van der Waals surface area contributed by atoms with Gasteiger partial charge in [-0.2, -0.15) is 0 Å². The number of hydrogen-bond donors (Lipinski definition) is 1. The molecule has 2 nitrogen and oxygen atoms in total. The highest BCUT2D eigenvalue weighted by Gasteiger charge is 2.29. The molecule has 2 unspecified atom stereocenters. The summed E-state index contributed by atoms with van der Waals surface area (Å²) in [5.41, 5.74) is 7.41. The maximum Gasteiger partial charge on any atom is 0.124 e. The van der Waals surface area contributed by atoms with E-state index in [1.165, 1.54) is 0 Å². The van der Waals surface area contributed by atoms with Gasteiger partial charge in [-0.15, -0.1) is 11.8 Å². The SMILES string of the molecule is NC1c2ccccc2OCC1Sc1ccccc1Cl. The Kier molecular flexibility index (Phi) is 3.69. The Hall–Kier alpha value is -1.16. The van der Waals surface area contributed by atoms with E-state index in [-0.39, 0.29) is 11.3 Å². The van der Waals surface area contributed by atoms with Gasteiger partial charge in [0.25, 0.3) is 0 Å². The van der Waals surface area contributed by atoms with Crippen LogP contribution >= 0.6 is 23.4 Å². The van der Waals surface area contributed by atoms with Gasteiger partial charge in [0.05, 0.1) is 10.3 Å². The summed E-state index contributed by atoms with van der Waals surface area (Å²) in [7, 11) is 0. The van der Waals surface area contributed by atoms with Gasteiger partial charge in [0.15, 0.2) is 0 Å². The minimum absolute atomic E-state index is 0.0359. The molecule has 3 rings (SSSR count). The van der Waals surface area contributed by atoms with Gasteiger partial charge in [0, 0.05) is 16.5 Å². The van der Waals surface area contributed by atoms with Gasteiger partial charge in [-0.25, -0.2) is 0 Å². The lowest BCUT2D eigenvalue weighted by molar-refractivity contribution is 0.276. The Balaban J connectivity index is 1.83. The molecule has 1 heterocycles. The molecule has 19 heavy (non-hydrogen) atoms. The Labute approximate surface area is 121 Å². The monoisotopic (exact) mass is 291 g/mol. The van der Waals surface area contributed by atoms with E-state index in [2.05, 4.69) is 0 Å². The van der Waals surface area contributed by atoms with Gasteiger partial charge in [-0.05, 0) is 18.2 Å². The van der Waals surface area contributed by atoms with Gasteiger partial charge in [-0.3, -0.25) is 0 Å². The standard InChI is InChI=1S/C15H14ClNOS/c16-11-6-2-4-8-13(11)19-14-9-18-12-7-3-1-5-10(12)15(14)17/h1-8,14-15H,9,17H2. The van der Waals surface area contributed by atoms with Gasteiger partial charge in [0.1, 0.15) is 12.4 Å². The van der Waals surface area contributed by atoms with Crippen LogP contribution in [0.3, 0.4) is 0 Å². The summed E-state index contributed by atoms with van der Waals surface area (Å²) in [6, 6.07) is 15.7. The van der Waals surface area contributed by atoms with E-state index in [4.69, 9.17) is 22.1 Å². The highest BCUT2D eigenvalue weighted by atomic mass is 35.5. The lowest BCUT2D eigenvalue weighted by Gasteiger charge is -2.30. The molecule has 98 valence electrons. The van der Waals surface area contributed by atoms with Crippen molar-refractivity contribution in [3.8, 4) is 5.75 Å². The van der Waals surface area contributed by atoms with Crippen molar-refractivity contribution in [3.63, 3.8) is 0 Å². The number of nitrogens with two attached hydrogens (primary N) is 1. The Morgan fingerprint density at radius 3 is 2.68 bits per heavy atom. The quantitative estimate of drug-likeness (QED) is 0.911. The Bertz CT molecular complexity index is 590. The summed E-state index contributed by atoms with van der Waals surface area (Å²) < 4.78 is 5.77. The molecule has 0 saturated heterocycles. The number of hydrogen-bond acceptors (Lipinski definition) is 3. The zero-order chi connectivity index (χ0) is 13.2. The number of fused-ring (bicyclic) bond motifs is 1. The van der Waals surface area contributed by atoms with Crippen molar-refractivity contribution in [1.82, 2.24) is 0 Å². The average molecular weight is 292 g/mol. The minimum atomic E-state index is -0.0359. The van der Waals surface area contributed by atoms with Crippen LogP contribution < -0.4 is 10.5 Å². The molecule has 0 spiro atoms. The van der Waals surface area contributed by atoms with Crippen LogP contribution in [-0.4, -0.2) is 11.9 Å². The van der Waals surface area contributed by atoms with Crippen molar-refractivity contribution < 1.29 is 4.74 Å². The molecule has 2 atom stereocenters. The van der Waals surface area contributed by atoms with E-state index in [1.807, 2.05) is 48.5 Å². The van der Waals surface area contributed by atoms with Crippen LogP contribution in [0.5, 0.6) is 5.75 Å². The molecule has 0 fully saturated rings. The van der Waals surface area contributed by atoms with Crippen LogP contribution in [0.25, 0.3) is 0 Å². The fourth-order valence-electron chi connectivity index (χ4n) is 2.17. The number of rotatable bonds is 2. The second kappa shape index (κ2) is 5.45. The first kappa shape index (κ1) is 12.9. The van der Waals surface area contributed by atoms with Crippen molar-refractivity contribution in [1.29, 1.82) is 0 Å². The van der Waals surface area contributed by atoms with E-state index in [0.717, 1.165) is 21.2 Å². The lowest BCUT2D eigenvalue weighted by Crippen LogP contribution is -2.33. The summed E-state index contributed by atoms with van der Waals surface area (Å²) in [5, 5.41) is 0.938. The van der Waals surface area contributed by atoms with Crippen LogP contribution in [0.4, 0.5) is 0 Å². The van der Waals surface area contributed by atoms with Gasteiger partial charge in [0.2, 0.25) is 0 Å². The van der Waals surface area contributed by atoms with Crippen molar-refractivity contribution in [2.75, 3.05) is 6.61 Å². The second-order valence-electron chi connectivity index (χ2n) is 4.46. The van der Waals surface area contributed by atoms with Gasteiger partial charge < -0.3 is 10.5 Å². The van der Waals surface area contributed by atoms with E-state index < -0.39 is 0 Å². The van der Waals surface area contributed by atoms with E-state index in [1.54, 1.807) is 11.8 Å². The van der Waals surface area contributed by atoms with Crippen molar-refractivity contribution >= 4 is 23.4 Å². The lowest BCUT2D eigenvalue weighted by atomic mass is 10.0. The number of thioether (sulfide) groups is 1. The topological polar surface area (TPSA) is 35.2 Å². The zero-order valence-electron chi connectivity index (χ0n) is 10.3. The van der Waals surface area contributed by atoms with E-state index in [0.29, 0.717) is 6.61 Å². The minimum Gasteiger partial charge on any atom is -0.492 e. The molecule has 0 saturated carbocycles. The largest absolute Gasteiger partial charge is 0.492 e. The third-order valence-corrected chi connectivity index (χ3v) is 4.98. The summed E-state index contributed by atoms with van der Waals surface area (Å²) in [4.78, 5) is 1.05. The van der Waals surface area contributed by atoms with Gasteiger partial charge in [-0.1, -0.05) is 41.9 Å². The van der Waals surface area contributed by atoms with Gasteiger partial charge >= 0.3 is 0 Å². The summed E-state index contributed by atoms with van der Waals surface area (Å²) >= 11 is 7.87. The Morgan fingerprint density at radius 2 is 1.84 bits per heavy atom. The zero-order valence-corrected chi connectivity index (χ0v) is 11.8. The van der Waals surface area contributed by atoms with Crippen LogP contribution in [0, 0.1) is 0 Å². The highest BCUT2D eigenvalue weighted by Crippen LogP contribution is 2.40. The number of halogens is 1. The fraction of sp³-hybridized carbons (Fsp3) is 0.200. The second-order valence-corrected chi connectivity index (χ2v) is 6.15. The Morgan fingerprint density at radius 1 is 1.11 bits per heavy atom. The smallest absolute Gasteiger partial charge is 0.124 e. The maximum atomic E-state index is 6.34. The molecule has 0 radical (unpaired) electrons. The molecule has 1 aliphatic heterocycles. The number of ether oxygens (including phenoxy) is 1. The molecule has 0 aliphatic carbocycles. The van der Waals surface area contributed by atoms with Crippen molar-refractivity contribution in [2.24, 2.45) is 5.73 Å². The predicted molar refractivity (Wildman–Crippen MR) is 80.0 cm³/mol. The fourth-order valence-corrected chi connectivity index (χ4v) is 3.54. The molecule has 2 aromatic rings. The molecule has 0 aromatic heterocycles. The predicted octanol–water partition coefficient (Wildman–Crippen LogP) is 3.89. The van der Waals surface area contributed by atoms with Crippen molar-refractivity contribution in [2.45, 2.75) is 16.2 Å². The van der Waals surface area contributed by atoms with Crippen LogP contribution in [0.2, 0.25) is 5.02 Å². The molecular weight excluding hydrogens is 278 g/mol. The first-order valence-electron chi connectivity index (χ1n) is 6.14. The van der Waals surface area contributed by atoms with E-state index in [9.17, 15) is 0 Å². The normalized spacial score (nSPS) is 21.6. The van der Waals surface area contributed by atoms with Crippen LogP contribution in [-0.2, 0) is 0 Å². The third-order valence-electron chi connectivity index (χ3n) is 3.20. The molecule has 0 bridgehead atoms. The summed E-state index contributed by atoms with van der Waals surface area (Å²) in [5.74, 6) is 0.894. The molecular formula is C15H14ClNOS.